The van der Waals surface area contributed by atoms with E-state index in [4.69, 9.17) is 4.74 Å². The van der Waals surface area contributed by atoms with E-state index in [1.54, 1.807) is 25.1 Å². The largest absolute Gasteiger partial charge is 0.479 e. The second-order valence-electron chi connectivity index (χ2n) is 6.01. The van der Waals surface area contributed by atoms with E-state index < -0.39 is 16.9 Å². The minimum atomic E-state index is -0.698. The highest BCUT2D eigenvalue weighted by atomic mass is 16.6. The van der Waals surface area contributed by atoms with Crippen LogP contribution in [-0.2, 0) is 9.59 Å². The standard InChI is InChI=1S/C18H17N3O5/c1-11-6-7-16-15(8-11)20(18(23)12(2)26-16)10-17(22)19-13-4-3-5-14(9-13)21(24)25/h3-9,12H,10H2,1-2H3,(H,19,22). The van der Waals surface area contributed by atoms with Crippen molar-refractivity contribution in [3.05, 3.63) is 58.1 Å². The maximum Gasteiger partial charge on any atom is 0.271 e. The maximum absolute atomic E-state index is 12.5. The predicted molar refractivity (Wildman–Crippen MR) is 95.3 cm³/mol. The number of aryl methyl sites for hydroxylation is 1. The van der Waals surface area contributed by atoms with Crippen LogP contribution in [0.2, 0.25) is 0 Å². The zero-order valence-electron chi connectivity index (χ0n) is 14.3. The molecule has 0 aliphatic carbocycles. The van der Waals surface area contributed by atoms with Crippen molar-refractivity contribution in [3.8, 4) is 5.75 Å². The highest BCUT2D eigenvalue weighted by Crippen LogP contribution is 2.34. The van der Waals surface area contributed by atoms with Gasteiger partial charge in [0, 0.05) is 17.8 Å². The van der Waals surface area contributed by atoms with Crippen molar-refractivity contribution in [3.63, 3.8) is 0 Å². The lowest BCUT2D eigenvalue weighted by Gasteiger charge is -2.32. The first-order valence-corrected chi connectivity index (χ1v) is 7.98. The lowest BCUT2D eigenvalue weighted by Crippen LogP contribution is -2.47. The molecule has 0 fully saturated rings. The van der Waals surface area contributed by atoms with Gasteiger partial charge in [0.05, 0.1) is 10.6 Å². The molecule has 2 amide bonds. The summed E-state index contributed by atoms with van der Waals surface area (Å²) in [6, 6.07) is 11.0. The minimum Gasteiger partial charge on any atom is -0.479 e. The molecule has 0 saturated heterocycles. The molecule has 1 unspecified atom stereocenters. The van der Waals surface area contributed by atoms with Crippen LogP contribution < -0.4 is 15.0 Å². The van der Waals surface area contributed by atoms with Gasteiger partial charge in [-0.25, -0.2) is 0 Å². The molecule has 134 valence electrons. The summed E-state index contributed by atoms with van der Waals surface area (Å²) in [4.78, 5) is 36.5. The molecule has 8 nitrogen and oxygen atoms in total. The molecule has 8 heteroatoms. The summed E-state index contributed by atoms with van der Waals surface area (Å²) >= 11 is 0. The third-order valence-corrected chi connectivity index (χ3v) is 3.97. The monoisotopic (exact) mass is 355 g/mol. The van der Waals surface area contributed by atoms with E-state index in [-0.39, 0.29) is 18.1 Å². The average molecular weight is 355 g/mol. The van der Waals surface area contributed by atoms with Gasteiger partial charge in [0.2, 0.25) is 5.91 Å². The summed E-state index contributed by atoms with van der Waals surface area (Å²) in [6.07, 6.45) is -0.698. The molecule has 0 radical (unpaired) electrons. The molecule has 0 aromatic heterocycles. The van der Waals surface area contributed by atoms with Crippen LogP contribution >= 0.6 is 0 Å². The lowest BCUT2D eigenvalue weighted by molar-refractivity contribution is -0.384. The second-order valence-corrected chi connectivity index (χ2v) is 6.01. The van der Waals surface area contributed by atoms with E-state index in [9.17, 15) is 19.7 Å². The fourth-order valence-corrected chi connectivity index (χ4v) is 2.72. The Balaban J connectivity index is 1.80. The SMILES string of the molecule is Cc1ccc2c(c1)N(CC(=O)Nc1cccc([N+](=O)[O-])c1)C(=O)C(C)O2. The molecule has 3 rings (SSSR count). The molecular weight excluding hydrogens is 338 g/mol. The van der Waals surface area contributed by atoms with Crippen LogP contribution in [0.25, 0.3) is 0 Å². The number of carbonyl (C=O) groups excluding carboxylic acids is 2. The van der Waals surface area contributed by atoms with Gasteiger partial charge in [-0.3, -0.25) is 24.6 Å². The number of benzene rings is 2. The molecule has 1 aliphatic rings. The van der Waals surface area contributed by atoms with Crippen molar-refractivity contribution >= 4 is 28.9 Å². The topological polar surface area (TPSA) is 102 Å². The number of anilines is 2. The number of hydrogen-bond acceptors (Lipinski definition) is 5. The van der Waals surface area contributed by atoms with Crippen LogP contribution in [0.4, 0.5) is 17.1 Å². The van der Waals surface area contributed by atoms with Crippen LogP contribution in [0.15, 0.2) is 42.5 Å². The van der Waals surface area contributed by atoms with E-state index in [2.05, 4.69) is 5.32 Å². The molecule has 1 aliphatic heterocycles. The van der Waals surface area contributed by atoms with Crippen LogP contribution in [-0.4, -0.2) is 29.4 Å². The number of amides is 2. The maximum atomic E-state index is 12.5. The lowest BCUT2D eigenvalue weighted by atomic mass is 10.1. The molecule has 1 heterocycles. The molecule has 26 heavy (non-hydrogen) atoms. The summed E-state index contributed by atoms with van der Waals surface area (Å²) in [5, 5.41) is 13.4. The van der Waals surface area contributed by atoms with Crippen molar-refractivity contribution in [1.29, 1.82) is 0 Å². The van der Waals surface area contributed by atoms with Gasteiger partial charge in [0.15, 0.2) is 6.10 Å². The van der Waals surface area contributed by atoms with Crippen LogP contribution in [0.1, 0.15) is 12.5 Å². The van der Waals surface area contributed by atoms with E-state index >= 15 is 0 Å². The summed E-state index contributed by atoms with van der Waals surface area (Å²) < 4.78 is 5.57. The predicted octanol–water partition coefficient (Wildman–Crippen LogP) is 2.66. The minimum absolute atomic E-state index is 0.125. The van der Waals surface area contributed by atoms with Crippen molar-refractivity contribution < 1.29 is 19.2 Å². The smallest absolute Gasteiger partial charge is 0.271 e. The summed E-state index contributed by atoms with van der Waals surface area (Å²) in [5.41, 5.74) is 1.63. The van der Waals surface area contributed by atoms with E-state index in [1.807, 2.05) is 13.0 Å². The first kappa shape index (κ1) is 17.4. The third-order valence-electron chi connectivity index (χ3n) is 3.97. The van der Waals surface area contributed by atoms with Gasteiger partial charge in [-0.2, -0.15) is 0 Å². The average Bonchev–Trinajstić information content (AvgIpc) is 2.60. The number of ether oxygens (including phenoxy) is 1. The van der Waals surface area contributed by atoms with Gasteiger partial charge in [-0.05, 0) is 37.6 Å². The van der Waals surface area contributed by atoms with Gasteiger partial charge in [0.1, 0.15) is 12.3 Å². The van der Waals surface area contributed by atoms with E-state index in [1.165, 1.54) is 23.1 Å². The Morgan fingerprint density at radius 2 is 2.08 bits per heavy atom. The number of nitro benzene ring substituents is 1. The zero-order chi connectivity index (χ0) is 18.8. The van der Waals surface area contributed by atoms with Crippen molar-refractivity contribution in [2.75, 3.05) is 16.8 Å². The zero-order valence-corrected chi connectivity index (χ0v) is 14.3. The number of rotatable bonds is 4. The second kappa shape index (κ2) is 6.83. The van der Waals surface area contributed by atoms with Crippen LogP contribution in [0.3, 0.4) is 0 Å². The number of fused-ring (bicyclic) bond motifs is 1. The molecular formula is C18H17N3O5. The van der Waals surface area contributed by atoms with E-state index in [0.29, 0.717) is 17.1 Å². The first-order chi connectivity index (χ1) is 12.3. The van der Waals surface area contributed by atoms with Gasteiger partial charge >= 0.3 is 0 Å². The van der Waals surface area contributed by atoms with Crippen molar-refractivity contribution in [1.82, 2.24) is 0 Å². The Labute approximate surface area is 149 Å². The summed E-state index contributed by atoms with van der Waals surface area (Å²) in [6.45, 7) is 3.28. The van der Waals surface area contributed by atoms with Gasteiger partial charge in [0.25, 0.3) is 11.6 Å². The Bertz CT molecular complexity index is 896. The van der Waals surface area contributed by atoms with Crippen LogP contribution in [0.5, 0.6) is 5.75 Å². The van der Waals surface area contributed by atoms with Crippen molar-refractivity contribution in [2.45, 2.75) is 20.0 Å². The van der Waals surface area contributed by atoms with Gasteiger partial charge in [-0.1, -0.05) is 12.1 Å². The Morgan fingerprint density at radius 3 is 2.81 bits per heavy atom. The number of nitrogens with one attached hydrogen (secondary N) is 1. The number of hydrogen-bond donors (Lipinski definition) is 1. The van der Waals surface area contributed by atoms with Crippen LogP contribution in [0, 0.1) is 17.0 Å². The Hall–Kier alpha value is -3.42. The Morgan fingerprint density at radius 1 is 1.31 bits per heavy atom. The fourth-order valence-electron chi connectivity index (χ4n) is 2.72. The molecule has 2 aromatic carbocycles. The number of nitrogens with zero attached hydrogens (tertiary/aromatic N) is 2. The molecule has 0 spiro atoms. The highest BCUT2D eigenvalue weighted by molar-refractivity contribution is 6.06. The number of nitro groups is 1. The summed E-state index contributed by atoms with van der Waals surface area (Å²) in [7, 11) is 0. The normalized spacial score (nSPS) is 15.8. The van der Waals surface area contributed by atoms with E-state index in [0.717, 1.165) is 5.56 Å². The molecule has 2 aromatic rings. The Kier molecular flexibility index (Phi) is 4.57. The molecule has 0 bridgehead atoms. The highest BCUT2D eigenvalue weighted by Gasteiger charge is 2.32. The van der Waals surface area contributed by atoms with Crippen molar-refractivity contribution in [2.24, 2.45) is 0 Å². The number of non-ortho nitro benzene ring substituents is 1. The first-order valence-electron chi connectivity index (χ1n) is 7.98. The number of carbonyl (C=O) groups is 2. The van der Waals surface area contributed by atoms with Gasteiger partial charge < -0.3 is 10.1 Å². The quantitative estimate of drug-likeness (QED) is 0.671. The van der Waals surface area contributed by atoms with Gasteiger partial charge in [-0.15, -0.1) is 0 Å². The summed E-state index contributed by atoms with van der Waals surface area (Å²) in [5.74, 6) is -0.247. The fraction of sp³-hybridized carbons (Fsp3) is 0.222. The molecule has 0 saturated carbocycles. The molecule has 1 atom stereocenters. The third kappa shape index (κ3) is 3.49. The molecule has 1 N–H and O–H groups in total.